The second-order valence-corrected chi connectivity index (χ2v) is 3.36. The summed E-state index contributed by atoms with van der Waals surface area (Å²) >= 11 is 0. The highest BCUT2D eigenvalue weighted by Crippen LogP contribution is 2.20. The van der Waals surface area contributed by atoms with Crippen LogP contribution in [0.2, 0.25) is 0 Å². The van der Waals surface area contributed by atoms with Crippen LogP contribution in [0.3, 0.4) is 0 Å². The number of carbonyl (C=O) groups is 1. The Morgan fingerprint density at radius 3 is 3.00 bits per heavy atom. The molecule has 2 heterocycles. The first kappa shape index (κ1) is 10.1. The van der Waals surface area contributed by atoms with Gasteiger partial charge in [0.05, 0.1) is 13.2 Å². The second kappa shape index (κ2) is 4.39. The molecule has 15 heavy (non-hydrogen) atoms. The van der Waals surface area contributed by atoms with Crippen molar-refractivity contribution in [2.45, 2.75) is 18.9 Å². The van der Waals surface area contributed by atoms with Crippen LogP contribution in [0.5, 0.6) is 0 Å². The monoisotopic (exact) mass is 211 g/mol. The van der Waals surface area contributed by atoms with Crippen LogP contribution in [0.15, 0.2) is 6.33 Å². The van der Waals surface area contributed by atoms with Gasteiger partial charge >= 0.3 is 5.97 Å². The molecule has 1 aromatic rings. The molecule has 82 valence electrons. The maximum atomic E-state index is 11.4. The molecular weight excluding hydrogens is 198 g/mol. The molecule has 0 saturated carbocycles. The topological polar surface area (TPSA) is 66.2 Å². The van der Waals surface area contributed by atoms with E-state index in [9.17, 15) is 4.79 Å². The van der Waals surface area contributed by atoms with Crippen LogP contribution in [-0.2, 0) is 9.47 Å². The van der Waals surface area contributed by atoms with Gasteiger partial charge in [0.2, 0.25) is 5.82 Å². The maximum Gasteiger partial charge on any atom is 0.375 e. The van der Waals surface area contributed by atoms with Crippen molar-refractivity contribution in [2.75, 3.05) is 20.3 Å². The van der Waals surface area contributed by atoms with Crippen LogP contribution in [0.4, 0.5) is 0 Å². The molecule has 1 aliphatic rings. The molecule has 0 bridgehead atoms. The number of hydrogen-bond acceptors (Lipinski definition) is 5. The molecule has 6 nitrogen and oxygen atoms in total. The highest BCUT2D eigenvalue weighted by molar-refractivity contribution is 5.85. The number of carbonyl (C=O) groups excluding carboxylic acids is 1. The van der Waals surface area contributed by atoms with Gasteiger partial charge in [-0.2, -0.15) is 5.10 Å². The average Bonchev–Trinajstić information content (AvgIpc) is 2.78. The van der Waals surface area contributed by atoms with Crippen molar-refractivity contribution in [3.8, 4) is 0 Å². The number of ether oxygens (including phenoxy) is 2. The van der Waals surface area contributed by atoms with E-state index in [2.05, 4.69) is 14.8 Å². The van der Waals surface area contributed by atoms with Crippen molar-refractivity contribution in [3.05, 3.63) is 12.2 Å². The van der Waals surface area contributed by atoms with E-state index >= 15 is 0 Å². The second-order valence-electron chi connectivity index (χ2n) is 3.36. The Hall–Kier alpha value is -1.43. The Morgan fingerprint density at radius 1 is 1.60 bits per heavy atom. The Bertz CT molecular complexity index is 344. The first-order valence-corrected chi connectivity index (χ1v) is 4.88. The molecule has 1 aliphatic heterocycles. The van der Waals surface area contributed by atoms with Gasteiger partial charge in [-0.15, -0.1) is 0 Å². The minimum atomic E-state index is -0.445. The van der Waals surface area contributed by atoms with E-state index < -0.39 is 5.97 Å². The normalized spacial score (nSPS) is 17.7. The molecule has 2 rings (SSSR count). The Labute approximate surface area is 87.2 Å². The lowest BCUT2D eigenvalue weighted by Crippen LogP contribution is -2.24. The molecule has 0 radical (unpaired) electrons. The summed E-state index contributed by atoms with van der Waals surface area (Å²) in [6, 6.07) is 0.190. The molecule has 1 saturated heterocycles. The van der Waals surface area contributed by atoms with E-state index in [4.69, 9.17) is 4.74 Å². The molecule has 0 spiro atoms. The van der Waals surface area contributed by atoms with Crippen molar-refractivity contribution in [1.82, 2.24) is 14.8 Å². The van der Waals surface area contributed by atoms with Crippen molar-refractivity contribution in [1.29, 1.82) is 0 Å². The zero-order valence-electron chi connectivity index (χ0n) is 8.55. The van der Waals surface area contributed by atoms with Gasteiger partial charge < -0.3 is 9.47 Å². The van der Waals surface area contributed by atoms with E-state index in [-0.39, 0.29) is 11.9 Å². The van der Waals surface area contributed by atoms with E-state index in [1.807, 2.05) is 0 Å². The Balaban J connectivity index is 2.19. The van der Waals surface area contributed by atoms with Crippen LogP contribution in [0.1, 0.15) is 29.5 Å². The third kappa shape index (κ3) is 1.99. The zero-order valence-corrected chi connectivity index (χ0v) is 8.55. The number of nitrogens with zero attached hydrogens (tertiary/aromatic N) is 3. The SMILES string of the molecule is COC(=O)c1ncnn1C1CCOCC1. The van der Waals surface area contributed by atoms with E-state index in [0.29, 0.717) is 13.2 Å². The van der Waals surface area contributed by atoms with Crippen molar-refractivity contribution in [3.63, 3.8) is 0 Å². The number of hydrogen-bond donors (Lipinski definition) is 0. The van der Waals surface area contributed by atoms with Gasteiger partial charge in [-0.25, -0.2) is 14.5 Å². The Kier molecular flexibility index (Phi) is 2.96. The van der Waals surface area contributed by atoms with Crippen LogP contribution in [0.25, 0.3) is 0 Å². The van der Waals surface area contributed by atoms with Gasteiger partial charge in [-0.05, 0) is 12.8 Å². The molecule has 0 N–H and O–H groups in total. The van der Waals surface area contributed by atoms with E-state index in [0.717, 1.165) is 12.8 Å². The molecule has 1 aromatic heterocycles. The molecule has 0 amide bonds. The number of methoxy groups -OCH3 is 1. The first-order valence-electron chi connectivity index (χ1n) is 4.88. The maximum absolute atomic E-state index is 11.4. The molecule has 6 heteroatoms. The molecule has 0 aliphatic carbocycles. The standard InChI is InChI=1S/C9H13N3O3/c1-14-9(13)8-10-6-11-12(8)7-2-4-15-5-3-7/h6-7H,2-5H2,1H3. The van der Waals surface area contributed by atoms with Gasteiger partial charge in [0.25, 0.3) is 0 Å². The van der Waals surface area contributed by atoms with Gasteiger partial charge in [0, 0.05) is 13.2 Å². The lowest BCUT2D eigenvalue weighted by atomic mass is 10.1. The number of rotatable bonds is 2. The van der Waals surface area contributed by atoms with Gasteiger partial charge in [0.1, 0.15) is 6.33 Å². The summed E-state index contributed by atoms with van der Waals surface area (Å²) in [5.74, 6) is -0.177. The quantitative estimate of drug-likeness (QED) is 0.663. The summed E-state index contributed by atoms with van der Waals surface area (Å²) in [7, 11) is 1.34. The van der Waals surface area contributed by atoms with Crippen LogP contribution >= 0.6 is 0 Å². The highest BCUT2D eigenvalue weighted by atomic mass is 16.5. The zero-order chi connectivity index (χ0) is 10.7. The lowest BCUT2D eigenvalue weighted by Gasteiger charge is -2.22. The average molecular weight is 211 g/mol. The van der Waals surface area contributed by atoms with Gasteiger partial charge in [-0.3, -0.25) is 0 Å². The predicted octanol–water partition coefficient (Wildman–Crippen LogP) is 0.416. The fourth-order valence-corrected chi connectivity index (χ4v) is 1.68. The van der Waals surface area contributed by atoms with Crippen molar-refractivity contribution < 1.29 is 14.3 Å². The summed E-state index contributed by atoms with van der Waals surface area (Å²) in [5, 5.41) is 4.06. The van der Waals surface area contributed by atoms with Crippen molar-refractivity contribution in [2.24, 2.45) is 0 Å². The van der Waals surface area contributed by atoms with Gasteiger partial charge in [-0.1, -0.05) is 0 Å². The minimum absolute atomic E-state index is 0.190. The fraction of sp³-hybridized carbons (Fsp3) is 0.667. The third-order valence-electron chi connectivity index (χ3n) is 2.48. The molecule has 0 atom stereocenters. The van der Waals surface area contributed by atoms with Crippen LogP contribution in [0, 0.1) is 0 Å². The molecule has 0 unspecified atom stereocenters. The summed E-state index contributed by atoms with van der Waals surface area (Å²) < 4.78 is 11.5. The van der Waals surface area contributed by atoms with E-state index in [1.165, 1.54) is 13.4 Å². The predicted molar refractivity (Wildman–Crippen MR) is 50.5 cm³/mol. The van der Waals surface area contributed by atoms with Crippen LogP contribution < -0.4 is 0 Å². The van der Waals surface area contributed by atoms with E-state index in [1.54, 1.807) is 4.68 Å². The lowest BCUT2D eigenvalue weighted by molar-refractivity contribution is 0.0519. The van der Waals surface area contributed by atoms with Gasteiger partial charge in [0.15, 0.2) is 0 Å². The molecular formula is C9H13N3O3. The Morgan fingerprint density at radius 2 is 2.33 bits per heavy atom. The molecule has 1 fully saturated rings. The first-order chi connectivity index (χ1) is 7.33. The summed E-state index contributed by atoms with van der Waals surface area (Å²) in [4.78, 5) is 15.3. The minimum Gasteiger partial charge on any atom is -0.463 e. The summed E-state index contributed by atoms with van der Waals surface area (Å²) in [6.07, 6.45) is 3.09. The smallest absolute Gasteiger partial charge is 0.375 e. The number of aromatic nitrogens is 3. The number of esters is 1. The third-order valence-corrected chi connectivity index (χ3v) is 2.48. The largest absolute Gasteiger partial charge is 0.463 e. The summed E-state index contributed by atoms with van der Waals surface area (Å²) in [5.41, 5.74) is 0. The highest BCUT2D eigenvalue weighted by Gasteiger charge is 2.23. The van der Waals surface area contributed by atoms with Crippen molar-refractivity contribution >= 4 is 5.97 Å². The fourth-order valence-electron chi connectivity index (χ4n) is 1.68. The summed E-state index contributed by atoms with van der Waals surface area (Å²) in [6.45, 7) is 1.40. The van der Waals surface area contributed by atoms with Crippen LogP contribution in [-0.4, -0.2) is 41.1 Å². The molecule has 0 aromatic carbocycles.